The molecule has 1 aliphatic carbocycles. The lowest BCUT2D eigenvalue weighted by atomic mass is 9.96. The lowest BCUT2D eigenvalue weighted by Crippen LogP contribution is -2.40. The van der Waals surface area contributed by atoms with Gasteiger partial charge in [0.25, 0.3) is 0 Å². The molecule has 1 N–H and O–H groups in total. The van der Waals surface area contributed by atoms with E-state index in [2.05, 4.69) is 10.3 Å². The van der Waals surface area contributed by atoms with Crippen LogP contribution < -0.4 is 5.32 Å². The van der Waals surface area contributed by atoms with Crippen molar-refractivity contribution in [1.82, 2.24) is 15.2 Å². The van der Waals surface area contributed by atoms with Gasteiger partial charge in [-0.3, -0.25) is 14.6 Å². The van der Waals surface area contributed by atoms with Crippen LogP contribution in [0.1, 0.15) is 57.1 Å². The zero-order chi connectivity index (χ0) is 16.8. The van der Waals surface area contributed by atoms with Crippen LogP contribution in [-0.4, -0.2) is 34.3 Å². The van der Waals surface area contributed by atoms with Crippen LogP contribution in [0.15, 0.2) is 24.4 Å². The third kappa shape index (κ3) is 4.56. The second-order valence-electron chi connectivity index (χ2n) is 7.05. The van der Waals surface area contributed by atoms with Gasteiger partial charge in [0.15, 0.2) is 0 Å². The number of aromatic nitrogens is 1. The summed E-state index contributed by atoms with van der Waals surface area (Å²) >= 11 is 0. The third-order valence-corrected chi connectivity index (χ3v) is 5.12. The Balaban J connectivity index is 1.51. The molecule has 2 amide bonds. The largest absolute Gasteiger partial charge is 0.353 e. The Morgan fingerprint density at radius 2 is 1.92 bits per heavy atom. The summed E-state index contributed by atoms with van der Waals surface area (Å²) in [6, 6.07) is 5.98. The SMILES string of the molecule is O=C(NC1CCCCCCC1)C1CC(=O)N(Cc2ccccn2)C1. The Hall–Kier alpha value is -1.91. The van der Waals surface area contributed by atoms with E-state index in [1.165, 1.54) is 32.1 Å². The van der Waals surface area contributed by atoms with Crippen molar-refractivity contribution in [1.29, 1.82) is 0 Å². The summed E-state index contributed by atoms with van der Waals surface area (Å²) in [5.74, 6) is -0.109. The predicted octanol–water partition coefficient (Wildman–Crippen LogP) is 2.66. The molecule has 130 valence electrons. The first-order valence-electron chi connectivity index (χ1n) is 9.20. The molecule has 1 aliphatic heterocycles. The molecule has 5 nitrogen and oxygen atoms in total. The predicted molar refractivity (Wildman–Crippen MR) is 92.0 cm³/mol. The van der Waals surface area contributed by atoms with Crippen LogP contribution in [0, 0.1) is 5.92 Å². The summed E-state index contributed by atoms with van der Waals surface area (Å²) in [6.45, 7) is 1.00. The number of carbonyl (C=O) groups excluding carboxylic acids is 2. The van der Waals surface area contributed by atoms with Crippen molar-refractivity contribution in [2.75, 3.05) is 6.54 Å². The van der Waals surface area contributed by atoms with Gasteiger partial charge in [0.05, 0.1) is 18.2 Å². The molecule has 0 radical (unpaired) electrons. The number of pyridine rings is 1. The van der Waals surface area contributed by atoms with Crippen molar-refractivity contribution in [3.8, 4) is 0 Å². The molecule has 1 unspecified atom stereocenters. The quantitative estimate of drug-likeness (QED) is 0.924. The number of rotatable bonds is 4. The van der Waals surface area contributed by atoms with Crippen molar-refractivity contribution >= 4 is 11.8 Å². The fourth-order valence-electron chi connectivity index (χ4n) is 3.71. The molecule has 2 heterocycles. The minimum Gasteiger partial charge on any atom is -0.353 e. The fourth-order valence-corrected chi connectivity index (χ4v) is 3.71. The molecular formula is C19H27N3O2. The molecule has 2 aliphatic rings. The molecule has 0 spiro atoms. The van der Waals surface area contributed by atoms with Gasteiger partial charge in [0.2, 0.25) is 11.8 Å². The second kappa shape index (κ2) is 8.27. The minimum atomic E-state index is -0.216. The highest BCUT2D eigenvalue weighted by molar-refractivity contribution is 5.89. The fraction of sp³-hybridized carbons (Fsp3) is 0.632. The average Bonchev–Trinajstić information content (AvgIpc) is 2.92. The highest BCUT2D eigenvalue weighted by atomic mass is 16.2. The molecule has 5 heteroatoms. The molecule has 1 atom stereocenters. The summed E-state index contributed by atoms with van der Waals surface area (Å²) in [4.78, 5) is 30.8. The normalized spacial score (nSPS) is 22.9. The van der Waals surface area contributed by atoms with Crippen LogP contribution in [0.4, 0.5) is 0 Å². The summed E-state index contributed by atoms with van der Waals surface area (Å²) in [5, 5.41) is 3.20. The maximum Gasteiger partial charge on any atom is 0.225 e. The van der Waals surface area contributed by atoms with E-state index in [1.54, 1.807) is 11.1 Å². The van der Waals surface area contributed by atoms with Crippen LogP contribution in [0.25, 0.3) is 0 Å². The summed E-state index contributed by atoms with van der Waals surface area (Å²) in [5.41, 5.74) is 0.868. The number of amides is 2. The molecular weight excluding hydrogens is 302 g/mol. The van der Waals surface area contributed by atoms with Gasteiger partial charge in [-0.25, -0.2) is 0 Å². The van der Waals surface area contributed by atoms with E-state index < -0.39 is 0 Å². The number of nitrogens with zero attached hydrogens (tertiary/aromatic N) is 2. The standard InChI is InChI=1S/C19H27N3O2/c23-18-12-15(13-22(18)14-17-10-6-7-11-20-17)19(24)21-16-8-4-2-1-3-5-9-16/h6-7,10-11,15-16H,1-5,8-9,12-14H2,(H,21,24). The van der Waals surface area contributed by atoms with Crippen LogP contribution >= 0.6 is 0 Å². The molecule has 2 fully saturated rings. The highest BCUT2D eigenvalue weighted by Crippen LogP contribution is 2.22. The molecule has 24 heavy (non-hydrogen) atoms. The lowest BCUT2D eigenvalue weighted by molar-refractivity contribution is -0.129. The minimum absolute atomic E-state index is 0.0532. The number of nitrogens with one attached hydrogen (secondary N) is 1. The van der Waals surface area contributed by atoms with Crippen molar-refractivity contribution in [2.24, 2.45) is 5.92 Å². The molecule has 3 rings (SSSR count). The Morgan fingerprint density at radius 3 is 2.62 bits per heavy atom. The van der Waals surface area contributed by atoms with E-state index in [4.69, 9.17) is 0 Å². The Labute approximate surface area is 143 Å². The van der Waals surface area contributed by atoms with E-state index in [-0.39, 0.29) is 23.8 Å². The number of hydrogen-bond acceptors (Lipinski definition) is 3. The van der Waals surface area contributed by atoms with Crippen LogP contribution in [0.2, 0.25) is 0 Å². The van der Waals surface area contributed by atoms with Crippen LogP contribution in [0.3, 0.4) is 0 Å². The van der Waals surface area contributed by atoms with Gasteiger partial charge in [-0.05, 0) is 25.0 Å². The molecule has 1 aromatic heterocycles. The van der Waals surface area contributed by atoms with E-state index in [9.17, 15) is 9.59 Å². The topological polar surface area (TPSA) is 62.3 Å². The van der Waals surface area contributed by atoms with E-state index in [0.29, 0.717) is 19.5 Å². The first-order chi connectivity index (χ1) is 11.7. The second-order valence-corrected chi connectivity index (χ2v) is 7.05. The van der Waals surface area contributed by atoms with Gasteiger partial charge in [-0.1, -0.05) is 38.2 Å². The maximum absolute atomic E-state index is 12.5. The Kier molecular flexibility index (Phi) is 5.83. The summed E-state index contributed by atoms with van der Waals surface area (Å²) in [7, 11) is 0. The summed E-state index contributed by atoms with van der Waals surface area (Å²) < 4.78 is 0. The first-order valence-corrected chi connectivity index (χ1v) is 9.20. The van der Waals surface area contributed by atoms with E-state index in [1.807, 2.05) is 18.2 Å². The summed E-state index contributed by atoms with van der Waals surface area (Å²) in [6.07, 6.45) is 10.5. The van der Waals surface area contributed by atoms with Gasteiger partial charge in [0, 0.05) is 25.2 Å². The van der Waals surface area contributed by atoms with Gasteiger partial charge in [-0.2, -0.15) is 0 Å². The Morgan fingerprint density at radius 1 is 1.17 bits per heavy atom. The zero-order valence-electron chi connectivity index (χ0n) is 14.2. The Bertz CT molecular complexity index is 553. The number of likely N-dealkylation sites (tertiary alicyclic amines) is 1. The molecule has 0 aromatic carbocycles. The van der Waals surface area contributed by atoms with Crippen LogP contribution in [-0.2, 0) is 16.1 Å². The zero-order valence-corrected chi connectivity index (χ0v) is 14.2. The first kappa shape index (κ1) is 16.9. The molecule has 0 bridgehead atoms. The molecule has 1 saturated carbocycles. The van der Waals surface area contributed by atoms with Crippen molar-refractivity contribution in [3.63, 3.8) is 0 Å². The number of hydrogen-bond donors (Lipinski definition) is 1. The lowest BCUT2D eigenvalue weighted by Gasteiger charge is -2.23. The van der Waals surface area contributed by atoms with Crippen molar-refractivity contribution < 1.29 is 9.59 Å². The van der Waals surface area contributed by atoms with E-state index in [0.717, 1.165) is 18.5 Å². The maximum atomic E-state index is 12.5. The van der Waals surface area contributed by atoms with Gasteiger partial charge < -0.3 is 10.2 Å². The average molecular weight is 329 g/mol. The number of carbonyl (C=O) groups is 2. The van der Waals surface area contributed by atoms with Gasteiger partial charge >= 0.3 is 0 Å². The smallest absolute Gasteiger partial charge is 0.225 e. The molecule has 1 saturated heterocycles. The van der Waals surface area contributed by atoms with Gasteiger partial charge in [0.1, 0.15) is 0 Å². The molecule has 1 aromatic rings. The van der Waals surface area contributed by atoms with Crippen LogP contribution in [0.5, 0.6) is 0 Å². The third-order valence-electron chi connectivity index (χ3n) is 5.12. The van der Waals surface area contributed by atoms with Gasteiger partial charge in [-0.15, -0.1) is 0 Å². The van der Waals surface area contributed by atoms with Crippen molar-refractivity contribution in [2.45, 2.75) is 64.0 Å². The monoisotopic (exact) mass is 329 g/mol. The highest BCUT2D eigenvalue weighted by Gasteiger charge is 2.35. The van der Waals surface area contributed by atoms with E-state index >= 15 is 0 Å². The van der Waals surface area contributed by atoms with Crippen molar-refractivity contribution in [3.05, 3.63) is 30.1 Å².